The zero-order chi connectivity index (χ0) is 23.2. The molecule has 2 atom stereocenters. The maximum Gasteiger partial charge on any atom is 0.393 e. The molecule has 0 bridgehead atoms. The molecule has 0 spiro atoms. The first-order chi connectivity index (χ1) is 15.7. The van der Waals surface area contributed by atoms with E-state index in [0.717, 1.165) is 49.0 Å². The summed E-state index contributed by atoms with van der Waals surface area (Å²) in [4.78, 5) is 9.19. The number of halogens is 5. The van der Waals surface area contributed by atoms with Gasteiger partial charge in [0, 0.05) is 28.9 Å². The summed E-state index contributed by atoms with van der Waals surface area (Å²) in [5.74, 6) is -0.828. The molecule has 33 heavy (non-hydrogen) atoms. The number of fused-ring (bicyclic) bond motifs is 1. The van der Waals surface area contributed by atoms with E-state index in [1.54, 1.807) is 6.07 Å². The molecule has 3 aromatic rings. The van der Waals surface area contributed by atoms with Crippen molar-refractivity contribution >= 4 is 27.4 Å². The molecule has 2 heterocycles. The van der Waals surface area contributed by atoms with Crippen molar-refractivity contribution in [3.05, 3.63) is 52.7 Å². The Labute approximate surface area is 191 Å². The van der Waals surface area contributed by atoms with Crippen molar-refractivity contribution in [1.29, 1.82) is 0 Å². The molecule has 0 aliphatic heterocycles. The Kier molecular flexibility index (Phi) is 5.98. The van der Waals surface area contributed by atoms with Gasteiger partial charge in [-0.3, -0.25) is 0 Å². The van der Waals surface area contributed by atoms with E-state index in [4.69, 9.17) is 0 Å². The van der Waals surface area contributed by atoms with Crippen LogP contribution in [0.1, 0.15) is 48.5 Å². The van der Waals surface area contributed by atoms with Crippen molar-refractivity contribution in [3.63, 3.8) is 0 Å². The SMILES string of the molecule is Fc1ccc([C@@H]2C[C@H]2NC2CCC(Nc3ncnc4sc(CC(F)(F)F)cc34)CC2)cc1F. The summed E-state index contributed by atoms with van der Waals surface area (Å²) in [5, 5.41) is 7.68. The molecule has 2 aromatic heterocycles. The Morgan fingerprint density at radius 1 is 0.970 bits per heavy atom. The maximum absolute atomic E-state index is 13.5. The average Bonchev–Trinajstić information content (AvgIpc) is 3.39. The van der Waals surface area contributed by atoms with Crippen LogP contribution in [0.3, 0.4) is 0 Å². The molecule has 2 N–H and O–H groups in total. The van der Waals surface area contributed by atoms with Crippen LogP contribution in [0.2, 0.25) is 0 Å². The fourth-order valence-electron chi connectivity index (χ4n) is 4.70. The highest BCUT2D eigenvalue weighted by Gasteiger charge is 2.40. The van der Waals surface area contributed by atoms with Gasteiger partial charge in [-0.25, -0.2) is 18.7 Å². The van der Waals surface area contributed by atoms with Gasteiger partial charge in [-0.1, -0.05) is 6.07 Å². The lowest BCUT2D eigenvalue weighted by Crippen LogP contribution is -2.38. The van der Waals surface area contributed by atoms with Gasteiger partial charge in [0.2, 0.25) is 0 Å². The number of hydrogen-bond acceptors (Lipinski definition) is 5. The van der Waals surface area contributed by atoms with Gasteiger partial charge in [0.25, 0.3) is 0 Å². The lowest BCUT2D eigenvalue weighted by atomic mass is 9.91. The molecule has 2 fully saturated rings. The molecule has 1 aromatic carbocycles. The zero-order valence-electron chi connectivity index (χ0n) is 17.6. The van der Waals surface area contributed by atoms with Crippen LogP contribution in [-0.2, 0) is 6.42 Å². The summed E-state index contributed by atoms with van der Waals surface area (Å²) in [6.07, 6.45) is 0.815. The third-order valence-electron chi connectivity index (χ3n) is 6.44. The quantitative estimate of drug-likeness (QED) is 0.427. The van der Waals surface area contributed by atoms with Crippen LogP contribution in [0.5, 0.6) is 0 Å². The summed E-state index contributed by atoms with van der Waals surface area (Å²) in [5.41, 5.74) is 0.829. The molecule has 2 aliphatic rings. The maximum atomic E-state index is 13.5. The molecule has 0 radical (unpaired) electrons. The van der Waals surface area contributed by atoms with Gasteiger partial charge in [-0.2, -0.15) is 13.2 Å². The topological polar surface area (TPSA) is 49.8 Å². The van der Waals surface area contributed by atoms with Crippen LogP contribution >= 0.6 is 11.3 Å². The Bertz CT molecular complexity index is 1140. The highest BCUT2D eigenvalue weighted by Crippen LogP contribution is 2.42. The largest absolute Gasteiger partial charge is 0.393 e. The summed E-state index contributed by atoms with van der Waals surface area (Å²) in [7, 11) is 0. The van der Waals surface area contributed by atoms with Gasteiger partial charge < -0.3 is 10.6 Å². The molecular weight excluding hydrogens is 459 g/mol. The van der Waals surface area contributed by atoms with Crippen LogP contribution in [0, 0.1) is 11.6 Å². The minimum absolute atomic E-state index is 0.188. The molecule has 5 rings (SSSR count). The smallest absolute Gasteiger partial charge is 0.367 e. The van der Waals surface area contributed by atoms with Crippen molar-refractivity contribution in [2.45, 2.75) is 68.7 Å². The van der Waals surface area contributed by atoms with Crippen LogP contribution in [0.4, 0.5) is 27.8 Å². The average molecular weight is 483 g/mol. The van der Waals surface area contributed by atoms with E-state index in [1.807, 2.05) is 0 Å². The molecule has 4 nitrogen and oxygen atoms in total. The van der Waals surface area contributed by atoms with Crippen LogP contribution in [-0.4, -0.2) is 34.3 Å². The second-order valence-corrected chi connectivity index (χ2v) is 10.0. The second-order valence-electron chi connectivity index (χ2n) is 8.93. The van der Waals surface area contributed by atoms with E-state index in [1.165, 1.54) is 24.5 Å². The molecule has 0 unspecified atom stereocenters. The number of nitrogens with one attached hydrogen (secondary N) is 2. The van der Waals surface area contributed by atoms with Crippen molar-refractivity contribution in [2.24, 2.45) is 0 Å². The molecule has 10 heteroatoms. The third-order valence-corrected chi connectivity index (χ3v) is 7.48. The van der Waals surface area contributed by atoms with E-state index in [0.29, 0.717) is 22.1 Å². The Morgan fingerprint density at radius 3 is 2.45 bits per heavy atom. The lowest BCUT2D eigenvalue weighted by Gasteiger charge is -2.30. The first-order valence-corrected chi connectivity index (χ1v) is 11.8. The molecule has 176 valence electrons. The fraction of sp³-hybridized carbons (Fsp3) is 0.478. The van der Waals surface area contributed by atoms with E-state index in [-0.39, 0.29) is 22.9 Å². The van der Waals surface area contributed by atoms with Gasteiger partial charge in [0.05, 0.1) is 11.8 Å². The number of nitrogens with zero attached hydrogens (tertiary/aromatic N) is 2. The first-order valence-electron chi connectivity index (χ1n) is 11.0. The van der Waals surface area contributed by atoms with Gasteiger partial charge in [-0.15, -0.1) is 11.3 Å². The van der Waals surface area contributed by atoms with Crippen LogP contribution in [0.25, 0.3) is 10.2 Å². The van der Waals surface area contributed by atoms with Crippen LogP contribution < -0.4 is 10.6 Å². The molecule has 2 saturated carbocycles. The fourth-order valence-corrected chi connectivity index (χ4v) is 5.72. The minimum atomic E-state index is -4.25. The summed E-state index contributed by atoms with van der Waals surface area (Å²) < 4.78 is 64.9. The number of hydrogen-bond donors (Lipinski definition) is 2. The van der Waals surface area contributed by atoms with Crippen molar-refractivity contribution < 1.29 is 22.0 Å². The zero-order valence-corrected chi connectivity index (χ0v) is 18.4. The van der Waals surface area contributed by atoms with Crippen molar-refractivity contribution in [3.8, 4) is 0 Å². The molecule has 0 saturated heterocycles. The minimum Gasteiger partial charge on any atom is -0.367 e. The Balaban J connectivity index is 1.14. The summed E-state index contributed by atoms with van der Waals surface area (Å²) in [6.45, 7) is 0. The molecular formula is C23H23F5N4S. The third kappa shape index (κ3) is 5.27. The molecule has 2 aliphatic carbocycles. The monoisotopic (exact) mass is 482 g/mol. The van der Waals surface area contributed by atoms with Crippen molar-refractivity contribution in [2.75, 3.05) is 5.32 Å². The van der Waals surface area contributed by atoms with Gasteiger partial charge in [0.1, 0.15) is 17.0 Å². The van der Waals surface area contributed by atoms with E-state index in [2.05, 4.69) is 20.6 Å². The number of rotatable bonds is 6. The van der Waals surface area contributed by atoms with E-state index in [9.17, 15) is 22.0 Å². The normalized spacial score (nSPS) is 25.4. The Morgan fingerprint density at radius 2 is 1.73 bits per heavy atom. The highest BCUT2D eigenvalue weighted by molar-refractivity contribution is 7.18. The summed E-state index contributed by atoms with van der Waals surface area (Å²) in [6, 6.07) is 6.48. The number of alkyl halides is 3. The predicted molar refractivity (Wildman–Crippen MR) is 117 cm³/mol. The second kappa shape index (κ2) is 8.79. The van der Waals surface area contributed by atoms with Crippen LogP contribution in [0.15, 0.2) is 30.6 Å². The first kappa shape index (κ1) is 22.5. The van der Waals surface area contributed by atoms with Gasteiger partial charge in [-0.05, 0) is 55.9 Å². The highest BCUT2D eigenvalue weighted by atomic mass is 32.1. The number of aromatic nitrogens is 2. The number of anilines is 1. The number of thiophene rings is 1. The lowest BCUT2D eigenvalue weighted by molar-refractivity contribution is -0.126. The Hall–Kier alpha value is -2.33. The van der Waals surface area contributed by atoms with E-state index < -0.39 is 24.2 Å². The number of benzene rings is 1. The standard InChI is InChI=1S/C23H23F5N4S/c24-18-6-1-12(7-19(18)25)16-9-20(16)31-13-2-4-14(5-3-13)32-21-17-8-15(10-23(26,27)28)33-22(17)30-11-29-21/h1,6-8,11,13-14,16,20,31H,2-5,9-10H2,(H,29,30,32)/t13?,14?,16-,20+/m0/s1. The van der Waals surface area contributed by atoms with E-state index >= 15 is 0 Å². The van der Waals surface area contributed by atoms with Gasteiger partial charge in [0.15, 0.2) is 11.6 Å². The molecule has 0 amide bonds. The van der Waals surface area contributed by atoms with Crippen molar-refractivity contribution in [1.82, 2.24) is 15.3 Å². The van der Waals surface area contributed by atoms with Gasteiger partial charge >= 0.3 is 6.18 Å². The summed E-state index contributed by atoms with van der Waals surface area (Å²) >= 11 is 1.05. The predicted octanol–water partition coefficient (Wildman–Crippen LogP) is 5.94.